The molecule has 0 saturated heterocycles. The molecule has 3 rings (SSSR count). The first-order valence-corrected chi connectivity index (χ1v) is 5.96. The molecule has 1 N–H and O–H groups in total. The number of nitrogens with zero attached hydrogens (tertiary/aromatic N) is 2. The molecular weight excluding hydrogens is 240 g/mol. The van der Waals surface area contributed by atoms with Gasteiger partial charge < -0.3 is 9.67 Å². The summed E-state index contributed by atoms with van der Waals surface area (Å²) in [6.07, 6.45) is 1.58. The van der Waals surface area contributed by atoms with Gasteiger partial charge in [0.15, 0.2) is 6.04 Å². The molecule has 0 spiro atoms. The van der Waals surface area contributed by atoms with E-state index in [2.05, 4.69) is 4.98 Å². The second kappa shape index (κ2) is 4.57. The number of hydrogen-bond acceptors (Lipinski definition) is 2. The minimum absolute atomic E-state index is 0.734. The molecule has 0 saturated carbocycles. The maximum Gasteiger partial charge on any atom is 0.331 e. The van der Waals surface area contributed by atoms with Crippen LogP contribution in [0.15, 0.2) is 60.9 Å². The first-order valence-electron chi connectivity index (χ1n) is 5.96. The Labute approximate surface area is 109 Å². The molecule has 19 heavy (non-hydrogen) atoms. The molecule has 3 aromatic rings. The smallest absolute Gasteiger partial charge is 0.331 e. The highest BCUT2D eigenvalue weighted by Crippen LogP contribution is 2.23. The summed E-state index contributed by atoms with van der Waals surface area (Å²) in [4.78, 5) is 15.8. The summed E-state index contributed by atoms with van der Waals surface area (Å²) in [7, 11) is 0. The number of hydrogen-bond donors (Lipinski definition) is 1. The first-order chi connectivity index (χ1) is 9.27. The Balaban J connectivity index is 2.18. The highest BCUT2D eigenvalue weighted by atomic mass is 16.4. The van der Waals surface area contributed by atoms with Gasteiger partial charge in [-0.1, -0.05) is 42.5 Å². The third-order valence-electron chi connectivity index (χ3n) is 3.11. The van der Waals surface area contributed by atoms with Crippen LogP contribution in [0.3, 0.4) is 0 Å². The van der Waals surface area contributed by atoms with Crippen molar-refractivity contribution in [3.8, 4) is 0 Å². The molecule has 0 fully saturated rings. The van der Waals surface area contributed by atoms with Gasteiger partial charge in [0.05, 0.1) is 17.4 Å². The molecule has 0 aliphatic carbocycles. The van der Waals surface area contributed by atoms with E-state index in [1.54, 1.807) is 10.9 Å². The average Bonchev–Trinajstić information content (AvgIpc) is 2.84. The van der Waals surface area contributed by atoms with Gasteiger partial charge in [0.1, 0.15) is 0 Å². The van der Waals surface area contributed by atoms with E-state index in [0.717, 1.165) is 16.6 Å². The van der Waals surface area contributed by atoms with E-state index >= 15 is 0 Å². The van der Waals surface area contributed by atoms with Crippen molar-refractivity contribution >= 4 is 17.0 Å². The number of carbonyl (C=O) groups is 1. The number of benzene rings is 2. The molecule has 1 aromatic heterocycles. The number of para-hydroxylation sites is 2. The quantitative estimate of drug-likeness (QED) is 0.779. The number of rotatable bonds is 3. The van der Waals surface area contributed by atoms with E-state index < -0.39 is 12.0 Å². The normalized spacial score (nSPS) is 12.4. The molecule has 1 heterocycles. The zero-order valence-electron chi connectivity index (χ0n) is 10.1. The van der Waals surface area contributed by atoms with E-state index in [1.807, 2.05) is 54.6 Å². The molecule has 0 bridgehead atoms. The fourth-order valence-corrected chi connectivity index (χ4v) is 2.24. The maximum absolute atomic E-state index is 11.6. The third kappa shape index (κ3) is 1.97. The molecule has 0 unspecified atom stereocenters. The number of aromatic nitrogens is 2. The zero-order valence-corrected chi connectivity index (χ0v) is 10.1. The van der Waals surface area contributed by atoms with Crippen molar-refractivity contribution < 1.29 is 9.90 Å². The van der Waals surface area contributed by atoms with Crippen molar-refractivity contribution in [2.24, 2.45) is 0 Å². The summed E-state index contributed by atoms with van der Waals surface area (Å²) >= 11 is 0. The van der Waals surface area contributed by atoms with Crippen molar-refractivity contribution in [3.63, 3.8) is 0 Å². The summed E-state index contributed by atoms with van der Waals surface area (Å²) in [5, 5.41) is 9.51. The number of imidazole rings is 1. The monoisotopic (exact) mass is 252 g/mol. The van der Waals surface area contributed by atoms with Gasteiger partial charge in [-0.05, 0) is 17.7 Å². The minimum atomic E-state index is -0.894. The van der Waals surface area contributed by atoms with Crippen LogP contribution < -0.4 is 0 Å². The zero-order chi connectivity index (χ0) is 13.2. The van der Waals surface area contributed by atoms with E-state index in [9.17, 15) is 9.90 Å². The van der Waals surface area contributed by atoms with Crippen LogP contribution in [0.1, 0.15) is 11.6 Å². The van der Waals surface area contributed by atoms with Gasteiger partial charge in [0.25, 0.3) is 0 Å². The Morgan fingerprint density at radius 3 is 2.47 bits per heavy atom. The van der Waals surface area contributed by atoms with Crippen LogP contribution in [0.5, 0.6) is 0 Å². The van der Waals surface area contributed by atoms with Crippen molar-refractivity contribution in [2.75, 3.05) is 0 Å². The SMILES string of the molecule is O=C(O)[C@H](c1ccccc1)n1cnc2ccccc21. The van der Waals surface area contributed by atoms with Crippen molar-refractivity contribution in [1.29, 1.82) is 0 Å². The molecule has 1 atom stereocenters. The predicted molar refractivity (Wildman–Crippen MR) is 71.9 cm³/mol. The van der Waals surface area contributed by atoms with Crippen molar-refractivity contribution in [1.82, 2.24) is 9.55 Å². The fraction of sp³-hybridized carbons (Fsp3) is 0.0667. The van der Waals surface area contributed by atoms with E-state index in [0.29, 0.717) is 0 Å². The molecule has 0 aliphatic rings. The summed E-state index contributed by atoms with van der Waals surface area (Å²) in [6, 6.07) is 15.9. The molecule has 0 aliphatic heterocycles. The van der Waals surface area contributed by atoms with Crippen LogP contribution in [-0.2, 0) is 4.79 Å². The van der Waals surface area contributed by atoms with Gasteiger partial charge in [-0.2, -0.15) is 0 Å². The molecule has 2 aromatic carbocycles. The summed E-state index contributed by atoms with van der Waals surface area (Å²) in [6.45, 7) is 0. The van der Waals surface area contributed by atoms with Gasteiger partial charge >= 0.3 is 5.97 Å². The average molecular weight is 252 g/mol. The van der Waals surface area contributed by atoms with Crippen LogP contribution in [0.4, 0.5) is 0 Å². The Hall–Kier alpha value is -2.62. The lowest BCUT2D eigenvalue weighted by Gasteiger charge is -2.15. The van der Waals surface area contributed by atoms with Gasteiger partial charge in [-0.25, -0.2) is 9.78 Å². The molecule has 0 radical (unpaired) electrons. The summed E-state index contributed by atoms with van der Waals surface area (Å²) in [5.41, 5.74) is 2.35. The van der Waals surface area contributed by atoms with E-state index in [-0.39, 0.29) is 0 Å². The number of aliphatic carboxylic acids is 1. The number of carboxylic acid groups (broad SMARTS) is 1. The molecule has 4 heteroatoms. The highest BCUT2D eigenvalue weighted by molar-refractivity contribution is 5.81. The van der Waals surface area contributed by atoms with Crippen LogP contribution in [0.2, 0.25) is 0 Å². The van der Waals surface area contributed by atoms with Crippen LogP contribution in [0, 0.1) is 0 Å². The molecule has 0 amide bonds. The predicted octanol–water partition coefficient (Wildman–Crippen LogP) is 2.71. The molecule has 94 valence electrons. The van der Waals surface area contributed by atoms with Gasteiger partial charge in [0, 0.05) is 0 Å². The minimum Gasteiger partial charge on any atom is -0.479 e. The second-order valence-corrected chi connectivity index (χ2v) is 4.29. The van der Waals surface area contributed by atoms with Gasteiger partial charge in [0.2, 0.25) is 0 Å². The van der Waals surface area contributed by atoms with Crippen LogP contribution in [-0.4, -0.2) is 20.6 Å². The Morgan fingerprint density at radius 1 is 1.05 bits per heavy atom. The van der Waals surface area contributed by atoms with E-state index in [1.165, 1.54) is 0 Å². The molecular formula is C15H12N2O2. The summed E-state index contributed by atoms with van der Waals surface area (Å²) in [5.74, 6) is -0.894. The largest absolute Gasteiger partial charge is 0.479 e. The first kappa shape index (κ1) is 11.5. The molecule has 4 nitrogen and oxygen atoms in total. The lowest BCUT2D eigenvalue weighted by molar-refractivity contribution is -0.139. The Morgan fingerprint density at radius 2 is 1.74 bits per heavy atom. The standard InChI is InChI=1S/C15H12N2O2/c18-15(19)14(11-6-2-1-3-7-11)17-10-16-12-8-4-5-9-13(12)17/h1-10,14H,(H,18,19)/t14-/m0/s1. The second-order valence-electron chi connectivity index (χ2n) is 4.29. The fourth-order valence-electron chi connectivity index (χ4n) is 2.24. The Bertz CT molecular complexity index is 719. The van der Waals surface area contributed by atoms with E-state index in [4.69, 9.17) is 0 Å². The van der Waals surface area contributed by atoms with Crippen LogP contribution in [0.25, 0.3) is 11.0 Å². The summed E-state index contributed by atoms with van der Waals surface area (Å²) < 4.78 is 1.69. The lowest BCUT2D eigenvalue weighted by Crippen LogP contribution is -2.19. The van der Waals surface area contributed by atoms with Crippen molar-refractivity contribution in [2.45, 2.75) is 6.04 Å². The third-order valence-corrected chi connectivity index (χ3v) is 3.11. The number of carboxylic acids is 1. The highest BCUT2D eigenvalue weighted by Gasteiger charge is 2.23. The topological polar surface area (TPSA) is 55.1 Å². The van der Waals surface area contributed by atoms with Gasteiger partial charge in [-0.15, -0.1) is 0 Å². The lowest BCUT2D eigenvalue weighted by atomic mass is 10.1. The van der Waals surface area contributed by atoms with Gasteiger partial charge in [-0.3, -0.25) is 0 Å². The maximum atomic E-state index is 11.6. The number of fused-ring (bicyclic) bond motifs is 1. The van der Waals surface area contributed by atoms with Crippen LogP contribution >= 0.6 is 0 Å². The Kier molecular flexibility index (Phi) is 2.76. The van der Waals surface area contributed by atoms with Crippen molar-refractivity contribution in [3.05, 3.63) is 66.5 Å².